The number of primary amides is 1. The Morgan fingerprint density at radius 3 is 2.94 bits per heavy atom. The number of carbonyl (C=O) groups is 1. The summed E-state index contributed by atoms with van der Waals surface area (Å²) in [4.78, 5) is 13.5. The van der Waals surface area contributed by atoms with Gasteiger partial charge in [0.1, 0.15) is 0 Å². The molecular formula is C13H19N3O. The van der Waals surface area contributed by atoms with Gasteiger partial charge in [0.25, 0.3) is 0 Å². The summed E-state index contributed by atoms with van der Waals surface area (Å²) in [6.45, 7) is 1.68. The lowest BCUT2D eigenvalue weighted by molar-refractivity contribution is -0.124. The predicted molar refractivity (Wildman–Crippen MR) is 68.1 cm³/mol. The molecule has 4 heteroatoms. The van der Waals surface area contributed by atoms with Gasteiger partial charge in [-0.1, -0.05) is 18.6 Å². The van der Waals surface area contributed by atoms with Gasteiger partial charge in [0.15, 0.2) is 0 Å². The second-order valence-corrected chi connectivity index (χ2v) is 4.63. The van der Waals surface area contributed by atoms with Crippen LogP contribution < -0.4 is 11.5 Å². The lowest BCUT2D eigenvalue weighted by Crippen LogP contribution is -2.47. The molecule has 0 bridgehead atoms. The topological polar surface area (TPSA) is 72.4 Å². The monoisotopic (exact) mass is 233 g/mol. The number of hydrogen-bond acceptors (Lipinski definition) is 3. The minimum Gasteiger partial charge on any atom is -0.399 e. The summed E-state index contributed by atoms with van der Waals surface area (Å²) >= 11 is 0. The number of rotatable bonds is 3. The van der Waals surface area contributed by atoms with Crippen LogP contribution in [-0.2, 0) is 11.3 Å². The van der Waals surface area contributed by atoms with Crippen LogP contribution in [0.3, 0.4) is 0 Å². The van der Waals surface area contributed by atoms with Crippen molar-refractivity contribution in [3.05, 3.63) is 29.8 Å². The van der Waals surface area contributed by atoms with Crippen molar-refractivity contribution in [2.75, 3.05) is 12.3 Å². The third kappa shape index (κ3) is 2.97. The Balaban J connectivity index is 2.08. The molecule has 1 saturated heterocycles. The van der Waals surface area contributed by atoms with Crippen molar-refractivity contribution in [2.24, 2.45) is 5.73 Å². The Hall–Kier alpha value is -1.55. The molecule has 1 aromatic rings. The Kier molecular flexibility index (Phi) is 3.64. The van der Waals surface area contributed by atoms with E-state index >= 15 is 0 Å². The van der Waals surface area contributed by atoms with E-state index in [9.17, 15) is 4.79 Å². The van der Waals surface area contributed by atoms with Crippen molar-refractivity contribution in [2.45, 2.75) is 31.8 Å². The highest BCUT2D eigenvalue weighted by atomic mass is 16.1. The van der Waals surface area contributed by atoms with Crippen LogP contribution in [0.1, 0.15) is 24.8 Å². The molecule has 0 spiro atoms. The first-order valence-electron chi connectivity index (χ1n) is 6.04. The Labute approximate surface area is 102 Å². The van der Waals surface area contributed by atoms with Gasteiger partial charge >= 0.3 is 0 Å². The first-order chi connectivity index (χ1) is 8.16. The Bertz CT molecular complexity index is 405. The van der Waals surface area contributed by atoms with E-state index in [1.165, 1.54) is 0 Å². The molecular weight excluding hydrogens is 214 g/mol. The second-order valence-electron chi connectivity index (χ2n) is 4.63. The van der Waals surface area contributed by atoms with Crippen LogP contribution in [-0.4, -0.2) is 23.4 Å². The molecule has 1 aliphatic rings. The van der Waals surface area contributed by atoms with Gasteiger partial charge in [-0.15, -0.1) is 0 Å². The quantitative estimate of drug-likeness (QED) is 0.768. The number of benzene rings is 1. The van der Waals surface area contributed by atoms with Gasteiger partial charge in [0.05, 0.1) is 6.04 Å². The highest BCUT2D eigenvalue weighted by molar-refractivity contribution is 5.79. The zero-order chi connectivity index (χ0) is 12.3. The summed E-state index contributed by atoms with van der Waals surface area (Å²) in [5.74, 6) is -0.214. The van der Waals surface area contributed by atoms with Crippen molar-refractivity contribution in [3.63, 3.8) is 0 Å². The molecule has 0 aliphatic carbocycles. The van der Waals surface area contributed by atoms with Gasteiger partial charge in [-0.2, -0.15) is 0 Å². The summed E-state index contributed by atoms with van der Waals surface area (Å²) in [7, 11) is 0. The van der Waals surface area contributed by atoms with E-state index in [2.05, 4.69) is 4.90 Å². The molecule has 0 saturated carbocycles. The maximum Gasteiger partial charge on any atom is 0.234 e. The maximum absolute atomic E-state index is 11.4. The fraction of sp³-hybridized carbons (Fsp3) is 0.462. The van der Waals surface area contributed by atoms with Crippen molar-refractivity contribution in [3.8, 4) is 0 Å². The van der Waals surface area contributed by atoms with Gasteiger partial charge in [-0.05, 0) is 37.1 Å². The van der Waals surface area contributed by atoms with E-state index in [4.69, 9.17) is 11.5 Å². The van der Waals surface area contributed by atoms with Crippen LogP contribution in [0.5, 0.6) is 0 Å². The summed E-state index contributed by atoms with van der Waals surface area (Å²) in [5, 5.41) is 0. The molecule has 17 heavy (non-hydrogen) atoms. The van der Waals surface area contributed by atoms with E-state index in [0.717, 1.165) is 43.6 Å². The summed E-state index contributed by atoms with van der Waals surface area (Å²) in [6.07, 6.45) is 3.09. The fourth-order valence-electron chi connectivity index (χ4n) is 2.43. The summed E-state index contributed by atoms with van der Waals surface area (Å²) in [5.41, 5.74) is 13.1. The number of piperidine rings is 1. The van der Waals surface area contributed by atoms with Gasteiger partial charge in [-0.3, -0.25) is 9.69 Å². The number of nitrogens with two attached hydrogens (primary N) is 2. The Morgan fingerprint density at radius 2 is 2.24 bits per heavy atom. The Morgan fingerprint density at radius 1 is 1.41 bits per heavy atom. The lowest BCUT2D eigenvalue weighted by Gasteiger charge is -2.33. The number of anilines is 1. The molecule has 1 aliphatic heterocycles. The van der Waals surface area contributed by atoms with E-state index in [-0.39, 0.29) is 11.9 Å². The lowest BCUT2D eigenvalue weighted by atomic mass is 10.0. The fourth-order valence-corrected chi connectivity index (χ4v) is 2.43. The largest absolute Gasteiger partial charge is 0.399 e. The number of carbonyl (C=O) groups excluding carboxylic acids is 1. The molecule has 1 amide bonds. The summed E-state index contributed by atoms with van der Waals surface area (Å²) in [6, 6.07) is 7.67. The van der Waals surface area contributed by atoms with Crippen molar-refractivity contribution in [1.82, 2.24) is 4.90 Å². The molecule has 1 heterocycles. The van der Waals surface area contributed by atoms with Gasteiger partial charge in [-0.25, -0.2) is 0 Å². The third-order valence-electron chi connectivity index (χ3n) is 3.28. The maximum atomic E-state index is 11.4. The van der Waals surface area contributed by atoms with Crippen molar-refractivity contribution < 1.29 is 4.79 Å². The molecule has 0 aromatic heterocycles. The third-order valence-corrected chi connectivity index (χ3v) is 3.28. The molecule has 4 nitrogen and oxygen atoms in total. The van der Waals surface area contributed by atoms with E-state index in [1.807, 2.05) is 24.3 Å². The standard InChI is InChI=1S/C13H19N3O/c14-11-5-3-4-10(8-11)9-16-7-2-1-6-12(16)13(15)17/h3-5,8,12H,1-2,6-7,9,14H2,(H2,15,17). The molecule has 1 atom stereocenters. The molecule has 1 aromatic carbocycles. The van der Waals surface area contributed by atoms with Crippen LogP contribution in [0, 0.1) is 0 Å². The zero-order valence-electron chi connectivity index (χ0n) is 9.93. The molecule has 2 rings (SSSR count). The zero-order valence-corrected chi connectivity index (χ0v) is 9.93. The average Bonchev–Trinajstić information content (AvgIpc) is 2.29. The van der Waals surface area contributed by atoms with E-state index in [1.54, 1.807) is 0 Å². The van der Waals surface area contributed by atoms with E-state index in [0.29, 0.717) is 0 Å². The molecule has 1 fully saturated rings. The number of nitrogen functional groups attached to an aromatic ring is 1. The highest BCUT2D eigenvalue weighted by Crippen LogP contribution is 2.20. The normalized spacial score (nSPS) is 21.3. The first-order valence-corrected chi connectivity index (χ1v) is 6.04. The highest BCUT2D eigenvalue weighted by Gasteiger charge is 2.26. The van der Waals surface area contributed by atoms with Gasteiger partial charge in [0.2, 0.25) is 5.91 Å². The van der Waals surface area contributed by atoms with Gasteiger partial charge < -0.3 is 11.5 Å². The number of likely N-dealkylation sites (tertiary alicyclic amines) is 1. The van der Waals surface area contributed by atoms with Crippen LogP contribution in [0.15, 0.2) is 24.3 Å². The molecule has 1 unspecified atom stereocenters. The van der Waals surface area contributed by atoms with Crippen LogP contribution in [0.4, 0.5) is 5.69 Å². The smallest absolute Gasteiger partial charge is 0.234 e. The average molecular weight is 233 g/mol. The molecule has 4 N–H and O–H groups in total. The van der Waals surface area contributed by atoms with Crippen LogP contribution >= 0.6 is 0 Å². The SMILES string of the molecule is NC(=O)C1CCCCN1Cc1cccc(N)c1. The number of amides is 1. The minimum atomic E-state index is -0.214. The van der Waals surface area contributed by atoms with Gasteiger partial charge in [0, 0.05) is 12.2 Å². The molecule has 92 valence electrons. The van der Waals surface area contributed by atoms with E-state index < -0.39 is 0 Å². The minimum absolute atomic E-state index is 0.120. The number of hydrogen-bond donors (Lipinski definition) is 2. The molecule has 0 radical (unpaired) electrons. The summed E-state index contributed by atoms with van der Waals surface area (Å²) < 4.78 is 0. The van der Waals surface area contributed by atoms with Crippen LogP contribution in [0.25, 0.3) is 0 Å². The van der Waals surface area contributed by atoms with Crippen molar-refractivity contribution >= 4 is 11.6 Å². The first kappa shape index (κ1) is 11.9. The number of nitrogens with zero attached hydrogens (tertiary/aromatic N) is 1. The second kappa shape index (κ2) is 5.19. The van der Waals surface area contributed by atoms with Crippen LogP contribution in [0.2, 0.25) is 0 Å². The predicted octanol–water partition coefficient (Wildman–Crippen LogP) is 1.11. The van der Waals surface area contributed by atoms with Crippen molar-refractivity contribution in [1.29, 1.82) is 0 Å².